The van der Waals surface area contributed by atoms with Gasteiger partial charge in [-0.05, 0) is 36.2 Å². The predicted molar refractivity (Wildman–Crippen MR) is 118 cm³/mol. The molecule has 0 saturated heterocycles. The standard InChI is InChI=1S/C23H21N3O4S/c1-17-9-5-6-12-19(17)26-23(28)25(20-13-7-8-14-21(20)31(26,29)30)16-22(27)24-15-18-10-3-2-4-11-18/h2-14H,15-16H2,1H3,(H,24,27). The Bertz CT molecular complexity index is 1240. The number of nitrogens with one attached hydrogen (secondary N) is 1. The minimum absolute atomic E-state index is 0.0197. The highest BCUT2D eigenvalue weighted by Crippen LogP contribution is 2.37. The third-order valence-electron chi connectivity index (χ3n) is 5.05. The zero-order valence-electron chi connectivity index (χ0n) is 16.9. The van der Waals surface area contributed by atoms with E-state index in [2.05, 4.69) is 5.32 Å². The van der Waals surface area contributed by atoms with Crippen molar-refractivity contribution in [1.82, 2.24) is 5.32 Å². The molecule has 3 amide bonds. The van der Waals surface area contributed by atoms with Crippen LogP contribution in [-0.2, 0) is 21.4 Å². The summed E-state index contributed by atoms with van der Waals surface area (Å²) in [6, 6.07) is 21.6. The van der Waals surface area contributed by atoms with E-state index in [0.29, 0.717) is 12.1 Å². The molecule has 0 aromatic heterocycles. The number of amides is 3. The maximum atomic E-state index is 13.4. The fourth-order valence-electron chi connectivity index (χ4n) is 3.48. The maximum Gasteiger partial charge on any atom is 0.343 e. The Labute approximate surface area is 181 Å². The van der Waals surface area contributed by atoms with Gasteiger partial charge in [0.1, 0.15) is 11.4 Å². The van der Waals surface area contributed by atoms with Gasteiger partial charge < -0.3 is 5.32 Å². The van der Waals surface area contributed by atoms with Crippen LogP contribution in [0.5, 0.6) is 0 Å². The molecule has 0 atom stereocenters. The third-order valence-corrected chi connectivity index (χ3v) is 6.78. The number of hydrogen-bond acceptors (Lipinski definition) is 4. The molecule has 1 aliphatic rings. The molecular formula is C23H21N3O4S. The summed E-state index contributed by atoms with van der Waals surface area (Å²) in [6.07, 6.45) is 0. The highest BCUT2D eigenvalue weighted by atomic mass is 32.2. The van der Waals surface area contributed by atoms with Crippen molar-refractivity contribution in [1.29, 1.82) is 0 Å². The number of para-hydroxylation sites is 2. The number of aryl methyl sites for hydroxylation is 1. The number of fused-ring (bicyclic) bond motifs is 1. The molecule has 7 nitrogen and oxygen atoms in total. The molecule has 8 heteroatoms. The van der Waals surface area contributed by atoms with E-state index in [1.165, 1.54) is 17.0 Å². The molecule has 3 aromatic carbocycles. The first-order chi connectivity index (χ1) is 14.9. The van der Waals surface area contributed by atoms with Crippen molar-refractivity contribution < 1.29 is 18.0 Å². The lowest BCUT2D eigenvalue weighted by Gasteiger charge is -2.36. The van der Waals surface area contributed by atoms with Gasteiger partial charge >= 0.3 is 6.03 Å². The zero-order chi connectivity index (χ0) is 22.0. The summed E-state index contributed by atoms with van der Waals surface area (Å²) in [5.74, 6) is -0.393. The van der Waals surface area contributed by atoms with Gasteiger partial charge in [0.15, 0.2) is 0 Å². The number of nitrogens with zero attached hydrogens (tertiary/aromatic N) is 2. The Morgan fingerprint density at radius 2 is 1.48 bits per heavy atom. The lowest BCUT2D eigenvalue weighted by Crippen LogP contribution is -2.53. The molecule has 4 rings (SSSR count). The molecule has 0 fully saturated rings. The van der Waals surface area contributed by atoms with Crippen molar-refractivity contribution in [3.63, 3.8) is 0 Å². The number of rotatable bonds is 5. The number of sulfonamides is 1. The third kappa shape index (κ3) is 3.89. The average molecular weight is 436 g/mol. The summed E-state index contributed by atoms with van der Waals surface area (Å²) in [5, 5.41) is 2.78. The van der Waals surface area contributed by atoms with Gasteiger partial charge in [0.2, 0.25) is 5.91 Å². The molecule has 0 unspecified atom stereocenters. The number of benzene rings is 3. The molecule has 0 bridgehead atoms. The highest BCUT2D eigenvalue weighted by Gasteiger charge is 2.43. The smallest absolute Gasteiger partial charge is 0.343 e. The van der Waals surface area contributed by atoms with E-state index in [1.54, 1.807) is 43.3 Å². The van der Waals surface area contributed by atoms with E-state index < -0.39 is 22.0 Å². The van der Waals surface area contributed by atoms with Crippen LogP contribution in [0.2, 0.25) is 0 Å². The molecule has 1 aliphatic heterocycles. The lowest BCUT2D eigenvalue weighted by atomic mass is 10.2. The fourth-order valence-corrected chi connectivity index (χ4v) is 5.14. The molecular weight excluding hydrogens is 414 g/mol. The number of anilines is 2. The van der Waals surface area contributed by atoms with Gasteiger partial charge in [0.25, 0.3) is 10.0 Å². The lowest BCUT2D eigenvalue weighted by molar-refractivity contribution is -0.119. The summed E-state index contributed by atoms with van der Waals surface area (Å²) in [5.41, 5.74) is 2.00. The highest BCUT2D eigenvalue weighted by molar-refractivity contribution is 7.94. The average Bonchev–Trinajstić information content (AvgIpc) is 2.77. The van der Waals surface area contributed by atoms with Gasteiger partial charge in [0.05, 0.1) is 11.4 Å². The van der Waals surface area contributed by atoms with Gasteiger partial charge in [-0.15, -0.1) is 0 Å². The Balaban J connectivity index is 1.68. The fraction of sp³-hybridized carbons (Fsp3) is 0.130. The van der Waals surface area contributed by atoms with Crippen LogP contribution in [0.25, 0.3) is 0 Å². The minimum atomic E-state index is -4.12. The number of carbonyl (C=O) groups is 2. The van der Waals surface area contributed by atoms with Crippen LogP contribution >= 0.6 is 0 Å². The van der Waals surface area contributed by atoms with E-state index in [4.69, 9.17) is 0 Å². The Morgan fingerprint density at radius 1 is 0.871 bits per heavy atom. The molecule has 0 radical (unpaired) electrons. The van der Waals surface area contributed by atoms with E-state index >= 15 is 0 Å². The van der Waals surface area contributed by atoms with Crippen molar-refractivity contribution in [2.45, 2.75) is 18.4 Å². The van der Waals surface area contributed by atoms with Gasteiger partial charge in [-0.1, -0.05) is 60.7 Å². The summed E-state index contributed by atoms with van der Waals surface area (Å²) < 4.78 is 27.3. The largest absolute Gasteiger partial charge is 0.350 e. The van der Waals surface area contributed by atoms with E-state index in [1.807, 2.05) is 30.3 Å². The summed E-state index contributed by atoms with van der Waals surface area (Å²) in [6.45, 7) is 1.74. The molecule has 0 spiro atoms. The number of urea groups is 1. The topological polar surface area (TPSA) is 86.8 Å². The van der Waals surface area contributed by atoms with Crippen LogP contribution in [-0.4, -0.2) is 26.9 Å². The molecule has 0 aliphatic carbocycles. The molecule has 1 N–H and O–H groups in total. The summed E-state index contributed by atoms with van der Waals surface area (Å²) >= 11 is 0. The van der Waals surface area contributed by atoms with E-state index in [-0.39, 0.29) is 22.8 Å². The Kier molecular flexibility index (Phi) is 5.48. The Morgan fingerprint density at radius 3 is 2.19 bits per heavy atom. The summed E-state index contributed by atoms with van der Waals surface area (Å²) in [4.78, 5) is 27.2. The maximum absolute atomic E-state index is 13.4. The van der Waals surface area contributed by atoms with Crippen LogP contribution in [0.15, 0.2) is 83.8 Å². The van der Waals surface area contributed by atoms with Crippen molar-refractivity contribution in [2.75, 3.05) is 15.7 Å². The van der Waals surface area contributed by atoms with Crippen LogP contribution in [0, 0.1) is 6.92 Å². The number of carbonyl (C=O) groups excluding carboxylic acids is 2. The van der Waals surface area contributed by atoms with Crippen LogP contribution < -0.4 is 14.5 Å². The van der Waals surface area contributed by atoms with Gasteiger partial charge in [0, 0.05) is 6.54 Å². The first-order valence-electron chi connectivity index (χ1n) is 9.71. The second kappa shape index (κ2) is 8.23. The van der Waals surface area contributed by atoms with Crippen LogP contribution in [0.1, 0.15) is 11.1 Å². The quantitative estimate of drug-likeness (QED) is 0.665. The van der Waals surface area contributed by atoms with Gasteiger partial charge in [-0.2, -0.15) is 4.31 Å². The molecule has 158 valence electrons. The van der Waals surface area contributed by atoms with Crippen molar-refractivity contribution in [2.24, 2.45) is 0 Å². The minimum Gasteiger partial charge on any atom is -0.350 e. The van der Waals surface area contributed by atoms with Crippen molar-refractivity contribution in [3.8, 4) is 0 Å². The van der Waals surface area contributed by atoms with E-state index in [9.17, 15) is 18.0 Å². The Hall–Kier alpha value is -3.65. The van der Waals surface area contributed by atoms with Crippen molar-refractivity contribution >= 4 is 33.3 Å². The molecule has 3 aromatic rings. The second-order valence-electron chi connectivity index (χ2n) is 7.15. The molecule has 1 heterocycles. The molecule has 0 saturated carbocycles. The molecule has 31 heavy (non-hydrogen) atoms. The first kappa shape index (κ1) is 20.6. The zero-order valence-corrected chi connectivity index (χ0v) is 17.7. The number of hydrogen-bond donors (Lipinski definition) is 1. The first-order valence-corrected chi connectivity index (χ1v) is 11.2. The predicted octanol–water partition coefficient (Wildman–Crippen LogP) is 3.45. The van der Waals surface area contributed by atoms with E-state index in [0.717, 1.165) is 9.87 Å². The summed E-state index contributed by atoms with van der Waals surface area (Å²) in [7, 11) is -4.12. The van der Waals surface area contributed by atoms with Crippen LogP contribution in [0.3, 0.4) is 0 Å². The van der Waals surface area contributed by atoms with Gasteiger partial charge in [-0.25, -0.2) is 13.2 Å². The van der Waals surface area contributed by atoms with Crippen molar-refractivity contribution in [3.05, 3.63) is 90.0 Å². The van der Waals surface area contributed by atoms with Crippen LogP contribution in [0.4, 0.5) is 16.2 Å². The van der Waals surface area contributed by atoms with Gasteiger partial charge in [-0.3, -0.25) is 9.69 Å². The normalized spacial score (nSPS) is 14.8. The monoisotopic (exact) mass is 435 g/mol. The second-order valence-corrected chi connectivity index (χ2v) is 8.91. The SMILES string of the molecule is Cc1ccccc1N1C(=O)N(CC(=O)NCc2ccccc2)c2ccccc2S1(=O)=O.